The Labute approximate surface area is 149 Å². The van der Waals surface area contributed by atoms with Crippen LogP contribution in [0.3, 0.4) is 0 Å². The second-order valence-corrected chi connectivity index (χ2v) is 6.95. The molecule has 0 spiro atoms. The number of benzene rings is 1. The highest BCUT2D eigenvalue weighted by molar-refractivity contribution is 7.98. The van der Waals surface area contributed by atoms with Crippen LogP contribution in [0, 0.1) is 16.0 Å². The Kier molecular flexibility index (Phi) is 5.66. The lowest BCUT2D eigenvalue weighted by Gasteiger charge is -2.17. The first-order valence-corrected chi connectivity index (χ1v) is 8.97. The number of non-ortho nitro benzene ring substituents is 1. The van der Waals surface area contributed by atoms with Gasteiger partial charge in [0.25, 0.3) is 5.69 Å². The first-order chi connectivity index (χ1) is 11.3. The van der Waals surface area contributed by atoms with Crippen molar-refractivity contribution in [2.45, 2.75) is 25.8 Å². The van der Waals surface area contributed by atoms with E-state index in [1.807, 2.05) is 13.8 Å². The Morgan fingerprint density at radius 2 is 2.12 bits per heavy atom. The number of pyridine rings is 1. The average molecular weight is 368 g/mol. The van der Waals surface area contributed by atoms with Crippen molar-refractivity contribution in [2.75, 3.05) is 18.1 Å². The van der Waals surface area contributed by atoms with Crippen LogP contribution in [0.2, 0.25) is 5.02 Å². The summed E-state index contributed by atoms with van der Waals surface area (Å²) in [4.78, 5) is 27.6. The Morgan fingerprint density at radius 3 is 2.62 bits per heavy atom. The molecule has 0 fully saturated rings. The minimum atomic E-state index is -0.483. The lowest BCUT2D eigenvalue weighted by Crippen LogP contribution is -2.13. The second-order valence-electron chi connectivity index (χ2n) is 5.75. The maximum absolute atomic E-state index is 12.2. The second kappa shape index (κ2) is 7.36. The van der Waals surface area contributed by atoms with Gasteiger partial charge >= 0.3 is 0 Å². The summed E-state index contributed by atoms with van der Waals surface area (Å²) in [5, 5.41) is 15.8. The Bertz CT molecular complexity index is 824. The predicted molar refractivity (Wildman–Crippen MR) is 98.5 cm³/mol. The van der Waals surface area contributed by atoms with Crippen molar-refractivity contribution in [3.63, 3.8) is 0 Å². The molecule has 0 bridgehead atoms. The van der Waals surface area contributed by atoms with Crippen molar-refractivity contribution in [1.29, 1.82) is 0 Å². The van der Waals surface area contributed by atoms with Gasteiger partial charge in [-0.15, -0.1) is 11.8 Å². The first kappa shape index (κ1) is 18.5. The van der Waals surface area contributed by atoms with Gasteiger partial charge in [0.05, 0.1) is 26.7 Å². The summed E-state index contributed by atoms with van der Waals surface area (Å²) in [6, 6.07) is 2.80. The quantitative estimate of drug-likeness (QED) is 0.342. The summed E-state index contributed by atoms with van der Waals surface area (Å²) >= 11 is 7.53. The van der Waals surface area contributed by atoms with Crippen LogP contribution in [0.25, 0.3) is 10.9 Å². The van der Waals surface area contributed by atoms with Crippen molar-refractivity contribution in [3.05, 3.63) is 32.8 Å². The molecule has 0 unspecified atom stereocenters. The lowest BCUT2D eigenvalue weighted by atomic mass is 10.0. The van der Waals surface area contributed by atoms with Crippen LogP contribution in [0.1, 0.15) is 31.1 Å². The van der Waals surface area contributed by atoms with E-state index in [0.717, 1.165) is 0 Å². The van der Waals surface area contributed by atoms with Crippen LogP contribution in [0.5, 0.6) is 0 Å². The molecule has 24 heavy (non-hydrogen) atoms. The topological polar surface area (TPSA) is 85.1 Å². The van der Waals surface area contributed by atoms with Crippen LogP contribution in [0.4, 0.5) is 11.4 Å². The molecule has 0 saturated heterocycles. The molecule has 0 amide bonds. The number of Topliss-reactive ketones (excluding diaryl/α,β-unsaturated/α-hetero) is 1. The number of nitro groups is 1. The van der Waals surface area contributed by atoms with Gasteiger partial charge in [-0.2, -0.15) is 0 Å². The number of nitrogens with one attached hydrogen (secondary N) is 1. The molecule has 1 N–H and O–H groups in total. The van der Waals surface area contributed by atoms with Crippen molar-refractivity contribution in [3.8, 4) is 0 Å². The molecule has 2 aromatic rings. The van der Waals surface area contributed by atoms with E-state index >= 15 is 0 Å². The molecule has 1 heterocycles. The van der Waals surface area contributed by atoms with E-state index in [1.54, 1.807) is 6.26 Å². The molecule has 1 aromatic heterocycles. The molecule has 1 aromatic carbocycles. The number of halogens is 1. The van der Waals surface area contributed by atoms with Gasteiger partial charge in [-0.3, -0.25) is 14.9 Å². The monoisotopic (exact) mass is 367 g/mol. The number of hydrogen-bond acceptors (Lipinski definition) is 6. The van der Waals surface area contributed by atoms with Gasteiger partial charge in [0.2, 0.25) is 0 Å². The zero-order chi connectivity index (χ0) is 18.0. The number of aromatic nitrogens is 1. The van der Waals surface area contributed by atoms with E-state index < -0.39 is 4.92 Å². The van der Waals surface area contributed by atoms with Gasteiger partial charge in [-0.25, -0.2) is 4.98 Å². The molecule has 0 aliphatic carbocycles. The van der Waals surface area contributed by atoms with E-state index in [0.29, 0.717) is 39.3 Å². The normalized spacial score (nSPS) is 11.1. The molecule has 8 heteroatoms. The Hall–Kier alpha value is -1.86. The van der Waals surface area contributed by atoms with Crippen molar-refractivity contribution >= 4 is 51.4 Å². The number of anilines is 1. The van der Waals surface area contributed by atoms with Gasteiger partial charge in [0, 0.05) is 12.6 Å². The molecule has 0 aliphatic rings. The molecule has 128 valence electrons. The number of rotatable bonds is 6. The van der Waals surface area contributed by atoms with E-state index in [2.05, 4.69) is 10.3 Å². The summed E-state index contributed by atoms with van der Waals surface area (Å²) in [5.74, 6) is 0.0956. The minimum Gasteiger partial charge on any atom is -0.383 e. The van der Waals surface area contributed by atoms with Crippen molar-refractivity contribution in [2.24, 2.45) is 5.92 Å². The summed E-state index contributed by atoms with van der Waals surface area (Å²) in [5.41, 5.74) is 0.996. The summed E-state index contributed by atoms with van der Waals surface area (Å²) < 4.78 is 0. The largest absolute Gasteiger partial charge is 0.383 e. The number of ketones is 1. The molecule has 0 radical (unpaired) electrons. The Balaban J connectivity index is 2.96. The number of fused-ring (bicyclic) bond motifs is 1. The van der Waals surface area contributed by atoms with Crippen LogP contribution in [-0.2, 0) is 0 Å². The molecule has 6 nitrogen and oxygen atoms in total. The number of nitrogens with zero attached hydrogens (tertiary/aromatic N) is 2. The van der Waals surface area contributed by atoms with Gasteiger partial charge in [0.15, 0.2) is 5.78 Å². The van der Waals surface area contributed by atoms with Crippen molar-refractivity contribution in [1.82, 2.24) is 4.98 Å². The minimum absolute atomic E-state index is 0.122. The number of nitro benzene ring substituents is 1. The average Bonchev–Trinajstić information content (AvgIpc) is 2.51. The third-order valence-corrected chi connectivity index (χ3v) is 4.45. The molecule has 0 atom stereocenters. The van der Waals surface area contributed by atoms with Gasteiger partial charge in [0.1, 0.15) is 10.4 Å². The summed E-state index contributed by atoms with van der Waals surface area (Å²) in [7, 11) is 0. The van der Waals surface area contributed by atoms with Crippen LogP contribution in [-0.4, -0.2) is 28.5 Å². The van der Waals surface area contributed by atoms with Gasteiger partial charge in [-0.1, -0.05) is 25.4 Å². The van der Waals surface area contributed by atoms with E-state index in [1.165, 1.54) is 30.8 Å². The zero-order valence-corrected chi connectivity index (χ0v) is 15.4. The smallest absolute Gasteiger partial charge is 0.281 e. The highest BCUT2D eigenvalue weighted by atomic mass is 35.5. The van der Waals surface area contributed by atoms with Gasteiger partial charge < -0.3 is 5.32 Å². The highest BCUT2D eigenvalue weighted by Crippen LogP contribution is 2.40. The fourth-order valence-corrected chi connectivity index (χ4v) is 3.24. The first-order valence-electron chi connectivity index (χ1n) is 7.37. The SMILES string of the molecule is CSc1nc2c(Cl)ccc([N+](=O)[O-])c2c(NCC(C)C)c1C(C)=O. The fourth-order valence-electron chi connectivity index (χ4n) is 2.41. The predicted octanol–water partition coefficient (Wildman–Crippen LogP) is 4.79. The molecule has 2 rings (SSSR count). The molecule has 0 saturated carbocycles. The zero-order valence-electron chi connectivity index (χ0n) is 13.8. The summed E-state index contributed by atoms with van der Waals surface area (Å²) in [6.07, 6.45) is 1.80. The van der Waals surface area contributed by atoms with Crippen molar-refractivity contribution < 1.29 is 9.72 Å². The fraction of sp³-hybridized carbons (Fsp3) is 0.375. The third-order valence-electron chi connectivity index (χ3n) is 3.46. The maximum Gasteiger partial charge on any atom is 0.281 e. The maximum atomic E-state index is 12.2. The summed E-state index contributed by atoms with van der Waals surface area (Å²) in [6.45, 7) is 6.03. The van der Waals surface area contributed by atoms with Gasteiger partial charge in [-0.05, 0) is 25.2 Å². The van der Waals surface area contributed by atoms with E-state index in [4.69, 9.17) is 11.6 Å². The number of thioether (sulfide) groups is 1. The molecular weight excluding hydrogens is 350 g/mol. The lowest BCUT2D eigenvalue weighted by molar-refractivity contribution is -0.383. The third kappa shape index (κ3) is 3.47. The number of carbonyl (C=O) groups is 1. The van der Waals surface area contributed by atoms with Crippen LogP contribution in [0.15, 0.2) is 17.2 Å². The van der Waals surface area contributed by atoms with E-state index in [9.17, 15) is 14.9 Å². The molecule has 0 aliphatic heterocycles. The molecular formula is C16H18ClN3O3S. The standard InChI is InChI=1S/C16H18ClN3O3S/c1-8(2)7-18-15-12(9(3)21)16(24-4)19-14-10(17)5-6-11(13(14)15)20(22)23/h5-6,8H,7H2,1-4H3,(H,18,19). The van der Waals surface area contributed by atoms with E-state index in [-0.39, 0.29) is 16.9 Å². The van der Waals surface area contributed by atoms with Crippen LogP contribution < -0.4 is 5.32 Å². The van der Waals surface area contributed by atoms with Crippen LogP contribution >= 0.6 is 23.4 Å². The number of hydrogen-bond donors (Lipinski definition) is 1. The number of carbonyl (C=O) groups excluding carboxylic acids is 1. The highest BCUT2D eigenvalue weighted by Gasteiger charge is 2.25. The Morgan fingerprint density at radius 1 is 1.46 bits per heavy atom.